The number of methoxy groups -OCH3 is 1. The fraction of sp³-hybridized carbons (Fsp3) is 0.0588. The molecule has 0 saturated carbocycles. The first kappa shape index (κ1) is 16.7. The molecule has 2 rings (SSSR count). The van der Waals surface area contributed by atoms with Crippen molar-refractivity contribution in [2.75, 3.05) is 12.5 Å². The molecule has 0 aliphatic rings. The van der Waals surface area contributed by atoms with Crippen LogP contribution in [0.3, 0.4) is 0 Å². The third-order valence-corrected chi connectivity index (χ3v) is 3.10. The van der Waals surface area contributed by atoms with Gasteiger partial charge in [0.25, 0.3) is 0 Å². The number of carbonyl (C=O) groups is 1. The van der Waals surface area contributed by atoms with Crippen LogP contribution in [0.5, 0.6) is 0 Å². The van der Waals surface area contributed by atoms with E-state index in [0.717, 1.165) is 5.56 Å². The Morgan fingerprint density at radius 3 is 2.29 bits per heavy atom. The summed E-state index contributed by atoms with van der Waals surface area (Å²) in [5.74, 6) is -1.40. The van der Waals surface area contributed by atoms with E-state index in [0.29, 0.717) is 11.3 Å². The summed E-state index contributed by atoms with van der Waals surface area (Å²) in [5, 5.41) is 20.8. The van der Waals surface area contributed by atoms with E-state index in [4.69, 9.17) is 10.5 Å². The highest BCUT2D eigenvalue weighted by Crippen LogP contribution is 2.24. The molecule has 0 aliphatic carbocycles. The van der Waals surface area contributed by atoms with E-state index in [-0.39, 0.29) is 11.3 Å². The molecule has 0 unspecified atom stereocenters. The van der Waals surface area contributed by atoms with Gasteiger partial charge in [-0.2, -0.15) is 15.6 Å². The van der Waals surface area contributed by atoms with Crippen LogP contribution in [-0.2, 0) is 4.74 Å². The highest BCUT2D eigenvalue weighted by atomic mass is 19.1. The predicted octanol–water partition coefficient (Wildman–Crippen LogP) is 3.09. The van der Waals surface area contributed by atoms with Crippen molar-refractivity contribution >= 4 is 17.4 Å². The lowest BCUT2D eigenvalue weighted by Crippen LogP contribution is -2.04. The molecule has 0 bridgehead atoms. The highest BCUT2D eigenvalue weighted by Gasteiger charge is 2.12. The Morgan fingerprint density at radius 2 is 1.75 bits per heavy atom. The van der Waals surface area contributed by atoms with E-state index < -0.39 is 11.8 Å². The van der Waals surface area contributed by atoms with Crippen molar-refractivity contribution in [2.45, 2.75) is 0 Å². The first-order valence-corrected chi connectivity index (χ1v) is 6.71. The number of nitrogens with one attached hydrogen (secondary N) is 1. The largest absolute Gasteiger partial charge is 0.465 e. The van der Waals surface area contributed by atoms with Gasteiger partial charge in [0.1, 0.15) is 18.0 Å². The first-order chi connectivity index (χ1) is 11.6. The minimum Gasteiger partial charge on any atom is -0.465 e. The van der Waals surface area contributed by atoms with Gasteiger partial charge in [0.15, 0.2) is 0 Å². The minimum absolute atomic E-state index is 0.130. The summed E-state index contributed by atoms with van der Waals surface area (Å²) >= 11 is 0. The van der Waals surface area contributed by atoms with Crippen LogP contribution >= 0.6 is 0 Å². The van der Waals surface area contributed by atoms with Crippen molar-refractivity contribution in [3.63, 3.8) is 0 Å². The van der Waals surface area contributed by atoms with Crippen LogP contribution in [-0.4, -0.2) is 18.8 Å². The second-order valence-electron chi connectivity index (χ2n) is 4.56. The third-order valence-electron chi connectivity index (χ3n) is 3.10. The fourth-order valence-corrected chi connectivity index (χ4v) is 1.90. The van der Waals surface area contributed by atoms with Crippen molar-refractivity contribution in [2.24, 2.45) is 5.10 Å². The molecule has 0 radical (unpaired) electrons. The molecule has 7 heteroatoms. The second kappa shape index (κ2) is 7.52. The standard InChI is InChI=1S/C17H11FN4O2/c1-24-17(23)15-7-4-12(8-16(15)18)11-2-5-13(6-3-11)21-22-14(9-19)10-20/h2-8,21H,1H3. The molecule has 118 valence electrons. The Hall–Kier alpha value is -3.71. The monoisotopic (exact) mass is 322 g/mol. The van der Waals surface area contributed by atoms with Gasteiger partial charge in [-0.3, -0.25) is 5.43 Å². The Kier molecular flexibility index (Phi) is 5.22. The van der Waals surface area contributed by atoms with Crippen molar-refractivity contribution in [1.29, 1.82) is 10.5 Å². The summed E-state index contributed by atoms with van der Waals surface area (Å²) in [4.78, 5) is 11.4. The lowest BCUT2D eigenvalue weighted by atomic mass is 10.0. The number of benzene rings is 2. The third kappa shape index (κ3) is 3.73. The van der Waals surface area contributed by atoms with E-state index in [1.54, 1.807) is 42.5 Å². The van der Waals surface area contributed by atoms with Crippen molar-refractivity contribution in [3.8, 4) is 23.3 Å². The fourth-order valence-electron chi connectivity index (χ4n) is 1.90. The molecule has 0 atom stereocenters. The van der Waals surface area contributed by atoms with E-state index in [2.05, 4.69) is 15.3 Å². The lowest BCUT2D eigenvalue weighted by Gasteiger charge is -2.06. The van der Waals surface area contributed by atoms with Gasteiger partial charge >= 0.3 is 5.97 Å². The maximum atomic E-state index is 13.9. The zero-order valence-electron chi connectivity index (χ0n) is 12.6. The average molecular weight is 322 g/mol. The molecule has 0 amide bonds. The van der Waals surface area contributed by atoms with Crippen LogP contribution in [0.15, 0.2) is 47.6 Å². The summed E-state index contributed by atoms with van der Waals surface area (Å²) in [7, 11) is 1.19. The van der Waals surface area contributed by atoms with Crippen molar-refractivity contribution in [1.82, 2.24) is 0 Å². The topological polar surface area (TPSA) is 98.3 Å². The quantitative estimate of drug-likeness (QED) is 0.530. The maximum absolute atomic E-state index is 13.9. The molecule has 24 heavy (non-hydrogen) atoms. The maximum Gasteiger partial charge on any atom is 0.340 e. The number of anilines is 1. The average Bonchev–Trinajstić information content (AvgIpc) is 2.62. The van der Waals surface area contributed by atoms with Gasteiger partial charge < -0.3 is 4.74 Å². The van der Waals surface area contributed by atoms with Gasteiger partial charge in [-0.05, 0) is 35.4 Å². The van der Waals surface area contributed by atoms with Gasteiger partial charge in [0.2, 0.25) is 5.71 Å². The number of hydrogen-bond donors (Lipinski definition) is 1. The molecule has 1 N–H and O–H groups in total. The second-order valence-corrected chi connectivity index (χ2v) is 4.56. The van der Waals surface area contributed by atoms with Crippen LogP contribution in [0.4, 0.5) is 10.1 Å². The lowest BCUT2D eigenvalue weighted by molar-refractivity contribution is 0.0595. The minimum atomic E-state index is -0.734. The molecule has 0 fully saturated rings. The zero-order valence-corrected chi connectivity index (χ0v) is 12.6. The number of hydrazone groups is 1. The van der Waals surface area contributed by atoms with Crippen LogP contribution in [0.25, 0.3) is 11.1 Å². The van der Waals surface area contributed by atoms with Gasteiger partial charge in [-0.1, -0.05) is 18.2 Å². The van der Waals surface area contributed by atoms with E-state index in [1.807, 2.05) is 0 Å². The van der Waals surface area contributed by atoms with Crippen LogP contribution in [0, 0.1) is 28.5 Å². The Bertz CT molecular complexity index is 861. The van der Waals surface area contributed by atoms with Crippen molar-refractivity contribution < 1.29 is 13.9 Å². The summed E-state index contributed by atoms with van der Waals surface area (Å²) < 4.78 is 18.4. The SMILES string of the molecule is COC(=O)c1ccc(-c2ccc(NN=C(C#N)C#N)cc2)cc1F. The molecular formula is C17H11FN4O2. The number of carbonyl (C=O) groups excluding carboxylic acids is 1. The molecule has 2 aromatic carbocycles. The van der Waals surface area contributed by atoms with Crippen LogP contribution < -0.4 is 5.43 Å². The Balaban J connectivity index is 2.21. The summed E-state index contributed by atoms with van der Waals surface area (Å²) in [6.07, 6.45) is 0. The predicted molar refractivity (Wildman–Crippen MR) is 85.5 cm³/mol. The summed E-state index contributed by atoms with van der Waals surface area (Å²) in [6, 6.07) is 14.2. The summed E-state index contributed by atoms with van der Waals surface area (Å²) in [6.45, 7) is 0. The van der Waals surface area contributed by atoms with Gasteiger partial charge in [-0.15, -0.1) is 0 Å². The number of rotatable bonds is 4. The molecule has 2 aromatic rings. The number of halogens is 1. The molecule has 0 spiro atoms. The number of esters is 1. The van der Waals surface area contributed by atoms with Gasteiger partial charge in [0, 0.05) is 0 Å². The van der Waals surface area contributed by atoms with E-state index in [9.17, 15) is 9.18 Å². The summed E-state index contributed by atoms with van der Waals surface area (Å²) in [5.41, 5.74) is 4.03. The van der Waals surface area contributed by atoms with E-state index in [1.165, 1.54) is 19.2 Å². The zero-order chi connectivity index (χ0) is 17.5. The molecular weight excluding hydrogens is 311 g/mol. The molecule has 0 saturated heterocycles. The normalized spacial score (nSPS) is 9.33. The number of nitriles is 2. The smallest absolute Gasteiger partial charge is 0.340 e. The van der Waals surface area contributed by atoms with Crippen LogP contribution in [0.1, 0.15) is 10.4 Å². The Labute approximate surface area is 137 Å². The molecule has 0 aromatic heterocycles. The van der Waals surface area contributed by atoms with Crippen LogP contribution in [0.2, 0.25) is 0 Å². The number of ether oxygens (including phenoxy) is 1. The van der Waals surface area contributed by atoms with Gasteiger partial charge in [0.05, 0.1) is 18.4 Å². The molecule has 0 heterocycles. The number of nitrogens with zero attached hydrogens (tertiary/aromatic N) is 3. The van der Waals surface area contributed by atoms with Crippen molar-refractivity contribution in [3.05, 3.63) is 53.8 Å². The van der Waals surface area contributed by atoms with Gasteiger partial charge in [-0.25, -0.2) is 9.18 Å². The molecule has 6 nitrogen and oxygen atoms in total. The highest BCUT2D eigenvalue weighted by molar-refractivity contribution is 6.10. The number of hydrogen-bond acceptors (Lipinski definition) is 6. The van der Waals surface area contributed by atoms with E-state index >= 15 is 0 Å². The first-order valence-electron chi connectivity index (χ1n) is 6.71. The Morgan fingerprint density at radius 1 is 1.12 bits per heavy atom. The molecule has 0 aliphatic heterocycles.